The molecular weight excluding hydrogens is 402 g/mol. The molecule has 1 aromatic heterocycles. The number of halogens is 1. The van der Waals surface area contributed by atoms with Crippen molar-refractivity contribution in [3.63, 3.8) is 0 Å². The van der Waals surface area contributed by atoms with Gasteiger partial charge >= 0.3 is 5.69 Å². The number of rotatable bonds is 5. The van der Waals surface area contributed by atoms with Crippen LogP contribution in [-0.2, 0) is 0 Å². The van der Waals surface area contributed by atoms with E-state index in [9.17, 15) is 9.59 Å². The molecule has 0 aliphatic rings. The van der Waals surface area contributed by atoms with Crippen LogP contribution in [0, 0.1) is 0 Å². The number of hydrogen-bond acceptors (Lipinski definition) is 5. The Kier molecular flexibility index (Phi) is 5.22. The van der Waals surface area contributed by atoms with Gasteiger partial charge in [-0.25, -0.2) is 4.79 Å². The number of fused-ring (bicyclic) bond motifs is 1. The van der Waals surface area contributed by atoms with E-state index >= 15 is 0 Å². The number of aromatic nitrogens is 2. The highest BCUT2D eigenvalue weighted by atomic mass is 79.9. The Morgan fingerprint density at radius 3 is 2.77 bits per heavy atom. The smallest absolute Gasteiger partial charge is 0.349 e. The van der Waals surface area contributed by atoms with E-state index in [1.165, 1.54) is 13.3 Å². The first kappa shape index (κ1) is 17.9. The Balaban J connectivity index is 2.14. The van der Waals surface area contributed by atoms with Crippen LogP contribution in [0.4, 0.5) is 0 Å². The third-order valence-corrected chi connectivity index (χ3v) is 4.11. The molecule has 2 aromatic carbocycles. The molecule has 0 atom stereocenters. The van der Waals surface area contributed by atoms with E-state index in [-0.39, 0.29) is 0 Å². The molecule has 0 fully saturated rings. The first-order valence-electron chi connectivity index (χ1n) is 7.84. The van der Waals surface area contributed by atoms with Crippen molar-refractivity contribution in [1.82, 2.24) is 9.66 Å². The quantitative estimate of drug-likeness (QED) is 0.646. The second-order valence-corrected chi connectivity index (χ2v) is 6.21. The van der Waals surface area contributed by atoms with Crippen molar-refractivity contribution in [1.29, 1.82) is 0 Å². The van der Waals surface area contributed by atoms with E-state index in [4.69, 9.17) is 9.47 Å². The van der Waals surface area contributed by atoms with Crippen molar-refractivity contribution in [3.8, 4) is 11.5 Å². The van der Waals surface area contributed by atoms with E-state index in [2.05, 4.69) is 26.0 Å². The highest BCUT2D eigenvalue weighted by Crippen LogP contribution is 2.34. The molecule has 3 rings (SSSR count). The minimum absolute atomic E-state index is 0.376. The molecule has 0 unspecified atom stereocenters. The molecule has 8 heteroatoms. The largest absolute Gasteiger partial charge is 0.493 e. The van der Waals surface area contributed by atoms with Gasteiger partial charge in [-0.1, -0.05) is 28.1 Å². The topological polar surface area (TPSA) is 85.7 Å². The van der Waals surface area contributed by atoms with Crippen LogP contribution in [0.5, 0.6) is 11.5 Å². The van der Waals surface area contributed by atoms with Crippen molar-refractivity contribution in [2.45, 2.75) is 6.92 Å². The number of methoxy groups -OCH3 is 1. The zero-order chi connectivity index (χ0) is 18.7. The lowest BCUT2D eigenvalue weighted by atomic mass is 10.2. The average Bonchev–Trinajstić information content (AvgIpc) is 2.63. The highest BCUT2D eigenvalue weighted by molar-refractivity contribution is 9.10. The Bertz CT molecular complexity index is 1100. The van der Waals surface area contributed by atoms with E-state index in [0.29, 0.717) is 34.6 Å². The van der Waals surface area contributed by atoms with Gasteiger partial charge in [-0.15, -0.1) is 4.68 Å². The molecular formula is C18H16BrN3O4. The number of benzene rings is 2. The van der Waals surface area contributed by atoms with Crippen molar-refractivity contribution >= 4 is 33.0 Å². The Morgan fingerprint density at radius 2 is 2.04 bits per heavy atom. The number of nitrogens with one attached hydrogen (secondary N) is 1. The van der Waals surface area contributed by atoms with Gasteiger partial charge in [0.2, 0.25) is 0 Å². The summed E-state index contributed by atoms with van der Waals surface area (Å²) in [6.07, 6.45) is 1.39. The second kappa shape index (κ2) is 7.57. The van der Waals surface area contributed by atoms with Gasteiger partial charge in [0, 0.05) is 10.0 Å². The summed E-state index contributed by atoms with van der Waals surface area (Å²) in [5.74, 6) is 0.995. The van der Waals surface area contributed by atoms with Crippen LogP contribution >= 0.6 is 15.9 Å². The van der Waals surface area contributed by atoms with Gasteiger partial charge in [0.15, 0.2) is 11.5 Å². The van der Waals surface area contributed by atoms with Gasteiger partial charge in [0.1, 0.15) is 0 Å². The van der Waals surface area contributed by atoms with Crippen LogP contribution in [0.3, 0.4) is 0 Å². The first-order valence-corrected chi connectivity index (χ1v) is 8.63. The Labute approximate surface area is 157 Å². The molecule has 0 amide bonds. The van der Waals surface area contributed by atoms with Crippen LogP contribution in [0.15, 0.2) is 55.6 Å². The molecule has 0 aliphatic carbocycles. The summed E-state index contributed by atoms with van der Waals surface area (Å²) in [5.41, 5.74) is -0.0870. The predicted molar refractivity (Wildman–Crippen MR) is 104 cm³/mol. The standard InChI is InChI=1S/C18H16BrN3O4/c1-3-26-16-11(8-12(19)9-15(16)25-2)10-20-22-17(23)13-6-4-5-7-14(13)21-18(22)24/h4-10H,3H2,1-2H3,(H,21,24). The summed E-state index contributed by atoms with van der Waals surface area (Å²) in [5, 5.41) is 4.44. The number of aromatic amines is 1. The summed E-state index contributed by atoms with van der Waals surface area (Å²) in [6.45, 7) is 2.27. The SMILES string of the molecule is CCOc1c(C=Nn2c(=O)[nH]c3ccccc3c2=O)cc(Br)cc1OC. The number of para-hydroxylation sites is 1. The molecule has 0 radical (unpaired) electrons. The molecule has 0 spiro atoms. The third kappa shape index (κ3) is 3.41. The van der Waals surface area contributed by atoms with Gasteiger partial charge in [-0.05, 0) is 31.2 Å². The molecule has 1 heterocycles. The lowest BCUT2D eigenvalue weighted by Crippen LogP contribution is -2.32. The minimum atomic E-state index is -0.620. The van der Waals surface area contributed by atoms with Crippen molar-refractivity contribution in [2.24, 2.45) is 5.10 Å². The van der Waals surface area contributed by atoms with Crippen LogP contribution in [0.2, 0.25) is 0 Å². The van der Waals surface area contributed by atoms with Crippen LogP contribution < -0.4 is 20.7 Å². The second-order valence-electron chi connectivity index (χ2n) is 5.30. The maximum Gasteiger partial charge on any atom is 0.349 e. The minimum Gasteiger partial charge on any atom is -0.493 e. The predicted octanol–water partition coefficient (Wildman–Crippen LogP) is 2.74. The molecule has 7 nitrogen and oxygen atoms in total. The van der Waals surface area contributed by atoms with E-state index in [0.717, 1.165) is 9.15 Å². The Morgan fingerprint density at radius 1 is 1.27 bits per heavy atom. The number of ether oxygens (including phenoxy) is 2. The zero-order valence-electron chi connectivity index (χ0n) is 14.2. The maximum atomic E-state index is 12.5. The zero-order valence-corrected chi connectivity index (χ0v) is 15.7. The monoisotopic (exact) mass is 417 g/mol. The molecule has 0 saturated heterocycles. The summed E-state index contributed by atoms with van der Waals surface area (Å²) < 4.78 is 12.5. The number of nitrogens with zero attached hydrogens (tertiary/aromatic N) is 2. The third-order valence-electron chi connectivity index (χ3n) is 3.65. The lowest BCUT2D eigenvalue weighted by Gasteiger charge is -2.12. The molecule has 3 aromatic rings. The fourth-order valence-corrected chi connectivity index (χ4v) is 2.97. The summed E-state index contributed by atoms with van der Waals surface area (Å²) in [6, 6.07) is 10.3. The van der Waals surface area contributed by atoms with Crippen molar-refractivity contribution in [3.05, 3.63) is 67.3 Å². The molecule has 134 valence electrons. The maximum absolute atomic E-state index is 12.5. The Hall–Kier alpha value is -2.87. The van der Waals surface area contributed by atoms with Crippen molar-refractivity contribution in [2.75, 3.05) is 13.7 Å². The molecule has 0 aliphatic heterocycles. The van der Waals surface area contributed by atoms with Gasteiger partial charge in [0.05, 0.1) is 30.8 Å². The van der Waals surface area contributed by atoms with Gasteiger partial charge < -0.3 is 14.5 Å². The summed E-state index contributed by atoms with van der Waals surface area (Å²) in [4.78, 5) is 27.4. The van der Waals surface area contributed by atoms with Crippen LogP contribution in [0.1, 0.15) is 12.5 Å². The van der Waals surface area contributed by atoms with Crippen LogP contribution in [0.25, 0.3) is 10.9 Å². The fourth-order valence-electron chi connectivity index (χ4n) is 2.51. The van der Waals surface area contributed by atoms with Gasteiger partial charge in [-0.2, -0.15) is 5.10 Å². The number of hydrogen-bond donors (Lipinski definition) is 1. The molecule has 1 N–H and O–H groups in total. The molecule has 0 saturated carbocycles. The number of H-pyrrole nitrogens is 1. The normalized spacial score (nSPS) is 11.2. The van der Waals surface area contributed by atoms with E-state index in [1.54, 1.807) is 36.4 Å². The van der Waals surface area contributed by atoms with Crippen molar-refractivity contribution < 1.29 is 9.47 Å². The lowest BCUT2D eigenvalue weighted by molar-refractivity contribution is 0.310. The summed E-state index contributed by atoms with van der Waals surface area (Å²) >= 11 is 3.39. The average molecular weight is 418 g/mol. The van der Waals surface area contributed by atoms with Gasteiger partial charge in [-0.3, -0.25) is 4.79 Å². The van der Waals surface area contributed by atoms with Crippen LogP contribution in [-0.4, -0.2) is 29.6 Å². The van der Waals surface area contributed by atoms with E-state index in [1.807, 2.05) is 6.92 Å². The fraction of sp³-hybridized carbons (Fsp3) is 0.167. The first-order chi connectivity index (χ1) is 12.5. The van der Waals surface area contributed by atoms with E-state index < -0.39 is 11.2 Å². The van der Waals surface area contributed by atoms with Gasteiger partial charge in [0.25, 0.3) is 5.56 Å². The summed E-state index contributed by atoms with van der Waals surface area (Å²) in [7, 11) is 1.53. The molecule has 0 bridgehead atoms. The highest BCUT2D eigenvalue weighted by Gasteiger charge is 2.12. The molecule has 26 heavy (non-hydrogen) atoms.